The van der Waals surface area contributed by atoms with Crippen molar-refractivity contribution in [2.45, 2.75) is 168 Å². The van der Waals surface area contributed by atoms with Crippen molar-refractivity contribution in [3.05, 3.63) is 0 Å². The van der Waals surface area contributed by atoms with Crippen molar-refractivity contribution in [1.29, 1.82) is 0 Å². The van der Waals surface area contributed by atoms with Crippen LogP contribution in [-0.2, 0) is 9.78 Å². The van der Waals surface area contributed by atoms with Gasteiger partial charge in [-0.1, -0.05) is 155 Å². The summed E-state index contributed by atoms with van der Waals surface area (Å²) in [7, 11) is 0. The van der Waals surface area contributed by atoms with Crippen molar-refractivity contribution in [3.63, 3.8) is 0 Å². The van der Waals surface area contributed by atoms with Crippen molar-refractivity contribution in [1.82, 2.24) is 0 Å². The lowest BCUT2D eigenvalue weighted by molar-refractivity contribution is -0.295. The lowest BCUT2D eigenvalue weighted by Crippen LogP contribution is -1.99. The van der Waals surface area contributed by atoms with Crippen molar-refractivity contribution in [3.8, 4) is 0 Å². The molecule has 0 radical (unpaired) electrons. The van der Waals surface area contributed by atoms with Crippen LogP contribution < -0.4 is 0 Å². The van der Waals surface area contributed by atoms with E-state index in [9.17, 15) is 0 Å². The van der Waals surface area contributed by atoms with E-state index in [0.29, 0.717) is 0 Å². The largest absolute Gasteiger partial charge is 0.503 e. The number of hydrogen-bond donors (Lipinski definition) is 4. The van der Waals surface area contributed by atoms with Gasteiger partial charge < -0.3 is 20.4 Å². The summed E-state index contributed by atoms with van der Waals surface area (Å²) in [5.41, 5.74) is 0. The van der Waals surface area contributed by atoms with Crippen LogP contribution in [0.25, 0.3) is 0 Å². The first-order valence-electron chi connectivity index (χ1n) is 15.5. The lowest BCUT2D eigenvalue weighted by atomic mass is 10.1. The molecule has 230 valence electrons. The monoisotopic (exact) mass is 550 g/mol. The van der Waals surface area contributed by atoms with Gasteiger partial charge in [0.25, 0.3) is 0 Å². The molecule has 0 aromatic rings. The van der Waals surface area contributed by atoms with E-state index in [0.717, 1.165) is 26.1 Å². The van der Waals surface area contributed by atoms with Crippen LogP contribution in [0.5, 0.6) is 0 Å². The van der Waals surface area contributed by atoms with E-state index >= 15 is 0 Å². The summed E-state index contributed by atoms with van der Waals surface area (Å²) in [6.07, 6.45) is 29.6. The molecule has 0 spiro atoms. The number of unbranched alkanes of at least 4 members (excludes halogenated alkanes) is 22. The fraction of sp³-hybridized carbons (Fsp3) is 0.933. The van der Waals surface area contributed by atoms with Crippen LogP contribution in [0.4, 0.5) is 9.59 Å². The average molecular weight is 551 g/mol. The first-order chi connectivity index (χ1) is 18.4. The van der Waals surface area contributed by atoms with Crippen LogP contribution in [0, 0.1) is 0 Å². The SMILES string of the molecule is CCCCCCCCCCCCCCOOCCCCCCCCCCCCCC.O=C(O)O.O=C(O)O. The molecule has 0 aliphatic carbocycles. The normalized spacial score (nSPS) is 10.3. The van der Waals surface area contributed by atoms with Gasteiger partial charge in [0.2, 0.25) is 0 Å². The van der Waals surface area contributed by atoms with E-state index in [2.05, 4.69) is 13.8 Å². The van der Waals surface area contributed by atoms with E-state index in [1.54, 1.807) is 0 Å². The molecular formula is C30H62O8. The summed E-state index contributed by atoms with van der Waals surface area (Å²) in [5.74, 6) is 0. The van der Waals surface area contributed by atoms with Gasteiger partial charge in [-0.2, -0.15) is 0 Å². The second-order valence-corrected chi connectivity index (χ2v) is 9.99. The predicted octanol–water partition coefficient (Wildman–Crippen LogP) is 10.8. The zero-order chi connectivity index (χ0) is 29.0. The third-order valence-electron chi connectivity index (χ3n) is 6.25. The summed E-state index contributed by atoms with van der Waals surface area (Å²) in [6.45, 7) is 6.12. The third kappa shape index (κ3) is 59.5. The fourth-order valence-electron chi connectivity index (χ4n) is 4.12. The minimum atomic E-state index is -1.83. The summed E-state index contributed by atoms with van der Waals surface area (Å²) < 4.78 is 0. The molecule has 0 bridgehead atoms. The molecule has 0 unspecified atom stereocenters. The first kappa shape index (κ1) is 40.9. The van der Waals surface area contributed by atoms with E-state index in [4.69, 9.17) is 39.8 Å². The molecule has 38 heavy (non-hydrogen) atoms. The first-order valence-corrected chi connectivity index (χ1v) is 15.5. The van der Waals surface area contributed by atoms with Gasteiger partial charge in [0, 0.05) is 0 Å². The maximum Gasteiger partial charge on any atom is 0.503 e. The van der Waals surface area contributed by atoms with Crippen molar-refractivity contribution in [2.75, 3.05) is 13.2 Å². The Bertz CT molecular complexity index is 398. The van der Waals surface area contributed by atoms with Gasteiger partial charge in [-0.05, 0) is 12.8 Å². The highest BCUT2D eigenvalue weighted by Crippen LogP contribution is 2.13. The number of rotatable bonds is 27. The molecule has 0 aliphatic heterocycles. The fourth-order valence-corrected chi connectivity index (χ4v) is 4.12. The van der Waals surface area contributed by atoms with Gasteiger partial charge >= 0.3 is 12.3 Å². The second kappa shape index (κ2) is 40.0. The maximum absolute atomic E-state index is 8.56. The van der Waals surface area contributed by atoms with Crippen LogP contribution in [0.1, 0.15) is 168 Å². The topological polar surface area (TPSA) is 134 Å². The second-order valence-electron chi connectivity index (χ2n) is 9.99. The van der Waals surface area contributed by atoms with Crippen LogP contribution in [0.2, 0.25) is 0 Å². The predicted molar refractivity (Wildman–Crippen MR) is 155 cm³/mol. The lowest BCUT2D eigenvalue weighted by Gasteiger charge is -2.05. The van der Waals surface area contributed by atoms with Crippen LogP contribution in [0.3, 0.4) is 0 Å². The van der Waals surface area contributed by atoms with E-state index < -0.39 is 12.3 Å². The zero-order valence-corrected chi connectivity index (χ0v) is 24.8. The Balaban J connectivity index is -0.00000133. The van der Waals surface area contributed by atoms with Crippen LogP contribution >= 0.6 is 0 Å². The molecule has 0 atom stereocenters. The highest BCUT2D eigenvalue weighted by atomic mass is 17.2. The molecule has 0 rings (SSSR count). The summed E-state index contributed by atoms with van der Waals surface area (Å²) in [4.78, 5) is 27.8. The van der Waals surface area contributed by atoms with Gasteiger partial charge in [0.15, 0.2) is 0 Å². The van der Waals surface area contributed by atoms with Crippen LogP contribution in [-0.4, -0.2) is 46.0 Å². The Morgan fingerprint density at radius 1 is 0.368 bits per heavy atom. The van der Waals surface area contributed by atoms with Crippen LogP contribution in [0.15, 0.2) is 0 Å². The summed E-state index contributed by atoms with van der Waals surface area (Å²) >= 11 is 0. The van der Waals surface area contributed by atoms with Gasteiger partial charge in [0.1, 0.15) is 0 Å². The molecule has 0 amide bonds. The summed E-state index contributed by atoms with van der Waals surface area (Å²) in [5, 5.41) is 27.9. The van der Waals surface area contributed by atoms with Crippen molar-refractivity contribution >= 4 is 12.3 Å². The number of carbonyl (C=O) groups is 2. The van der Waals surface area contributed by atoms with E-state index in [1.165, 1.54) is 141 Å². The minimum Gasteiger partial charge on any atom is -0.450 e. The highest BCUT2D eigenvalue weighted by molar-refractivity contribution is 5.53. The minimum absolute atomic E-state index is 0.773. The molecule has 0 saturated heterocycles. The molecule has 0 aromatic carbocycles. The Labute approximate surface area is 233 Å². The quantitative estimate of drug-likeness (QED) is 0.0450. The number of hydrogen-bond acceptors (Lipinski definition) is 4. The van der Waals surface area contributed by atoms with E-state index in [1.807, 2.05) is 0 Å². The molecular weight excluding hydrogens is 488 g/mol. The smallest absolute Gasteiger partial charge is 0.450 e. The third-order valence-corrected chi connectivity index (χ3v) is 6.25. The Morgan fingerprint density at radius 3 is 0.711 bits per heavy atom. The highest BCUT2D eigenvalue weighted by Gasteiger charge is 1.96. The van der Waals surface area contributed by atoms with Gasteiger partial charge in [-0.15, -0.1) is 0 Å². The molecule has 0 aliphatic rings. The van der Waals surface area contributed by atoms with E-state index in [-0.39, 0.29) is 0 Å². The van der Waals surface area contributed by atoms with Gasteiger partial charge in [0.05, 0.1) is 13.2 Å². The van der Waals surface area contributed by atoms with Gasteiger partial charge in [-0.25, -0.2) is 19.4 Å². The molecule has 8 heteroatoms. The molecule has 4 N–H and O–H groups in total. The Kier molecular flexibility index (Phi) is 43.1. The average Bonchev–Trinajstić information content (AvgIpc) is 2.85. The zero-order valence-electron chi connectivity index (χ0n) is 24.8. The molecule has 0 heterocycles. The molecule has 0 fully saturated rings. The Morgan fingerprint density at radius 2 is 0.526 bits per heavy atom. The maximum atomic E-state index is 8.56. The molecule has 8 nitrogen and oxygen atoms in total. The van der Waals surface area contributed by atoms with Crippen molar-refractivity contribution in [2.24, 2.45) is 0 Å². The van der Waals surface area contributed by atoms with Gasteiger partial charge in [-0.3, -0.25) is 0 Å². The number of carboxylic acid groups (broad SMARTS) is 4. The molecule has 0 aromatic heterocycles. The molecule has 0 saturated carbocycles. The standard InChI is InChI=1S/C28H58O2.2CH2O3/c1-3-5-7-9-11-13-15-17-19-21-23-25-27-29-30-28-26-24-22-20-18-16-14-12-10-8-6-4-2;2*2-1(3)4/h3-28H2,1-2H3;2*(H2,2,3,4). The summed E-state index contributed by atoms with van der Waals surface area (Å²) in [6, 6.07) is 0. The Hall–Kier alpha value is -1.54. The van der Waals surface area contributed by atoms with Crippen molar-refractivity contribution < 1.29 is 39.8 Å².